The van der Waals surface area contributed by atoms with Gasteiger partial charge < -0.3 is 5.32 Å². The largest absolute Gasteiger partial charge is 0.325 e. The summed E-state index contributed by atoms with van der Waals surface area (Å²) in [7, 11) is 0. The summed E-state index contributed by atoms with van der Waals surface area (Å²) in [5.74, 6) is -3.14. The Kier molecular flexibility index (Phi) is 6.40. The summed E-state index contributed by atoms with van der Waals surface area (Å²) in [5.41, 5.74) is 2.57. The molecule has 3 atom stereocenters. The summed E-state index contributed by atoms with van der Waals surface area (Å²) in [4.78, 5) is 59.1. The van der Waals surface area contributed by atoms with Crippen LogP contribution in [0.1, 0.15) is 21.9 Å². The lowest BCUT2D eigenvalue weighted by atomic mass is 9.84. The predicted molar refractivity (Wildman–Crippen MR) is 146 cm³/mol. The molecule has 0 radical (unpaired) electrons. The number of benzene rings is 2. The first-order valence-corrected chi connectivity index (χ1v) is 13.8. The molecule has 2 aromatic heterocycles. The molecule has 0 aliphatic carbocycles. The van der Waals surface area contributed by atoms with Crippen LogP contribution in [0.5, 0.6) is 0 Å². The van der Waals surface area contributed by atoms with Crippen molar-refractivity contribution < 1.29 is 18.8 Å². The first-order chi connectivity index (χ1) is 18.8. The van der Waals surface area contributed by atoms with Crippen molar-refractivity contribution in [1.29, 1.82) is 0 Å². The van der Waals surface area contributed by atoms with Gasteiger partial charge in [0.1, 0.15) is 17.6 Å². The molecule has 0 spiro atoms. The number of carbonyl (C=O) groups excluding carboxylic acids is 3. The van der Waals surface area contributed by atoms with Crippen molar-refractivity contribution in [3.63, 3.8) is 0 Å². The van der Waals surface area contributed by atoms with Crippen LogP contribution in [0.15, 0.2) is 82.9 Å². The van der Waals surface area contributed by atoms with Crippen LogP contribution in [0, 0.1) is 18.7 Å². The fourth-order valence-electron chi connectivity index (χ4n) is 5.09. The highest BCUT2D eigenvalue weighted by molar-refractivity contribution is 8.00. The number of halogens is 1. The van der Waals surface area contributed by atoms with Gasteiger partial charge in [-0.15, -0.1) is 0 Å². The van der Waals surface area contributed by atoms with Gasteiger partial charge in [0.2, 0.25) is 17.7 Å². The van der Waals surface area contributed by atoms with Gasteiger partial charge in [-0.1, -0.05) is 41.3 Å². The molecule has 1 fully saturated rings. The summed E-state index contributed by atoms with van der Waals surface area (Å²) >= 11 is 2.09. The average molecular weight is 561 g/mol. The number of hydrogen-bond donors (Lipinski definition) is 1. The van der Waals surface area contributed by atoms with Gasteiger partial charge in [0.15, 0.2) is 0 Å². The van der Waals surface area contributed by atoms with Crippen LogP contribution in [-0.4, -0.2) is 32.5 Å². The molecule has 2 aromatic carbocycles. The van der Waals surface area contributed by atoms with E-state index in [9.17, 15) is 23.6 Å². The normalized spacial score (nSPS) is 20.1. The minimum Gasteiger partial charge on any atom is -0.325 e. The van der Waals surface area contributed by atoms with Crippen LogP contribution < -0.4 is 15.1 Å². The number of imide groups is 1. The molecule has 2 unspecified atom stereocenters. The second-order valence-electron chi connectivity index (χ2n) is 9.36. The van der Waals surface area contributed by atoms with E-state index < -0.39 is 34.7 Å². The molecule has 8 nitrogen and oxygen atoms in total. The Morgan fingerprint density at radius 3 is 2.56 bits per heavy atom. The summed E-state index contributed by atoms with van der Waals surface area (Å²) < 4.78 is 14.9. The van der Waals surface area contributed by atoms with E-state index in [-0.39, 0.29) is 23.0 Å². The number of thioether (sulfide) groups is 1. The smallest absolute Gasteiger partial charge is 0.308 e. The minimum atomic E-state index is -0.833. The predicted octanol–water partition coefficient (Wildman–Crippen LogP) is 4.19. The highest BCUT2D eigenvalue weighted by atomic mass is 32.2. The van der Waals surface area contributed by atoms with Gasteiger partial charge in [0.25, 0.3) is 0 Å². The van der Waals surface area contributed by atoms with Gasteiger partial charge >= 0.3 is 4.87 Å². The van der Waals surface area contributed by atoms with E-state index in [1.807, 2.05) is 31.2 Å². The molecule has 1 N–H and O–H groups in total. The second-order valence-corrected chi connectivity index (χ2v) is 11.5. The maximum absolute atomic E-state index is 13.8. The monoisotopic (exact) mass is 560 g/mol. The zero-order chi connectivity index (χ0) is 27.3. The number of nitrogens with one attached hydrogen (secondary N) is 1. The van der Waals surface area contributed by atoms with Crippen molar-refractivity contribution in [2.45, 2.75) is 29.7 Å². The number of hydrogen-bond acceptors (Lipinski definition) is 7. The molecule has 2 aliphatic heterocycles. The van der Waals surface area contributed by atoms with Crippen molar-refractivity contribution in [3.05, 3.63) is 105 Å². The number of pyridine rings is 1. The van der Waals surface area contributed by atoms with Crippen LogP contribution in [-0.2, 0) is 20.9 Å². The molecule has 2 aliphatic rings. The molecule has 6 rings (SSSR count). The molecule has 4 aromatic rings. The number of rotatable bonds is 5. The Morgan fingerprint density at radius 2 is 1.85 bits per heavy atom. The molecule has 11 heteroatoms. The maximum Gasteiger partial charge on any atom is 0.308 e. The third kappa shape index (κ3) is 4.47. The number of nitrogens with zero attached hydrogens (tertiary/aromatic N) is 3. The SMILES string of the molecule is Cc1cccc(NC(=O)Cn2c3c(sc2=O)[C@H](c2cccnc2)C2C(=O)N(c4ccc(F)cc4)C(=O)C2S3)c1. The van der Waals surface area contributed by atoms with Crippen molar-refractivity contribution in [2.24, 2.45) is 5.92 Å². The van der Waals surface area contributed by atoms with E-state index in [4.69, 9.17) is 0 Å². The zero-order valence-electron chi connectivity index (χ0n) is 20.5. The summed E-state index contributed by atoms with van der Waals surface area (Å²) in [6, 6.07) is 16.1. The standard InChI is InChI=1S/C28H21FN4O4S2/c1-15-4-2-6-18(12-15)31-20(34)14-32-27-24(39-28(32)37)21(16-5-3-11-30-13-16)22-23(38-27)26(36)33(25(22)35)19-9-7-17(29)8-10-19/h2-13,21-23H,14H2,1H3,(H,31,34)/t21-,22?,23?/m1/s1. The molecule has 3 amide bonds. The Balaban J connectivity index is 1.40. The number of aryl methyl sites for hydroxylation is 1. The fraction of sp³-hybridized carbons (Fsp3) is 0.179. The van der Waals surface area contributed by atoms with Gasteiger partial charge in [-0.3, -0.25) is 28.7 Å². The molecule has 1 saturated heterocycles. The molecule has 4 heterocycles. The van der Waals surface area contributed by atoms with Crippen LogP contribution in [0.25, 0.3) is 0 Å². The second kappa shape index (κ2) is 9.90. The van der Waals surface area contributed by atoms with Crippen LogP contribution >= 0.6 is 23.1 Å². The van der Waals surface area contributed by atoms with Crippen molar-refractivity contribution in [3.8, 4) is 0 Å². The summed E-state index contributed by atoms with van der Waals surface area (Å²) in [6.45, 7) is 1.67. The molecule has 39 heavy (non-hydrogen) atoms. The number of thiazole rings is 1. The summed E-state index contributed by atoms with van der Waals surface area (Å²) in [6.07, 6.45) is 3.23. The van der Waals surface area contributed by atoms with Gasteiger partial charge in [0.05, 0.1) is 16.6 Å². The first-order valence-electron chi connectivity index (χ1n) is 12.1. The van der Waals surface area contributed by atoms with Crippen molar-refractivity contribution in [2.75, 3.05) is 10.2 Å². The zero-order valence-corrected chi connectivity index (χ0v) is 22.2. The van der Waals surface area contributed by atoms with E-state index >= 15 is 0 Å². The Hall–Kier alpha value is -4.09. The fourth-order valence-corrected chi connectivity index (χ4v) is 7.86. The Labute approximate surface area is 230 Å². The Bertz CT molecular complexity index is 1670. The number of aromatic nitrogens is 2. The minimum absolute atomic E-state index is 0.243. The van der Waals surface area contributed by atoms with Gasteiger partial charge in [-0.2, -0.15) is 0 Å². The highest BCUT2D eigenvalue weighted by Gasteiger charge is 2.56. The van der Waals surface area contributed by atoms with Gasteiger partial charge in [0, 0.05) is 28.9 Å². The number of carbonyl (C=O) groups is 3. The van der Waals surface area contributed by atoms with Gasteiger partial charge in [-0.25, -0.2) is 9.29 Å². The number of amides is 3. The van der Waals surface area contributed by atoms with Crippen molar-refractivity contribution in [1.82, 2.24) is 9.55 Å². The third-order valence-electron chi connectivity index (χ3n) is 6.78. The van der Waals surface area contributed by atoms with E-state index in [2.05, 4.69) is 10.3 Å². The number of fused-ring (bicyclic) bond motifs is 2. The lowest BCUT2D eigenvalue weighted by Gasteiger charge is -2.30. The summed E-state index contributed by atoms with van der Waals surface area (Å²) in [5, 5.41) is 2.47. The molecular formula is C28H21FN4O4S2. The van der Waals surface area contributed by atoms with E-state index in [0.717, 1.165) is 33.6 Å². The number of anilines is 2. The van der Waals surface area contributed by atoms with E-state index in [1.54, 1.807) is 24.5 Å². The lowest BCUT2D eigenvalue weighted by molar-refractivity contribution is -0.122. The quantitative estimate of drug-likeness (QED) is 0.368. The van der Waals surface area contributed by atoms with Crippen molar-refractivity contribution >= 4 is 52.2 Å². The van der Waals surface area contributed by atoms with E-state index in [1.165, 1.54) is 28.8 Å². The van der Waals surface area contributed by atoms with Crippen LogP contribution in [0.3, 0.4) is 0 Å². The van der Waals surface area contributed by atoms with E-state index in [0.29, 0.717) is 21.2 Å². The molecule has 0 saturated carbocycles. The topological polar surface area (TPSA) is 101 Å². The third-order valence-corrected chi connectivity index (χ3v) is 9.38. The molecule has 0 bridgehead atoms. The van der Waals surface area contributed by atoms with Gasteiger partial charge in [-0.05, 0) is 60.5 Å². The highest BCUT2D eigenvalue weighted by Crippen LogP contribution is 2.53. The van der Waals surface area contributed by atoms with Crippen LogP contribution in [0.4, 0.5) is 15.8 Å². The van der Waals surface area contributed by atoms with Crippen LogP contribution in [0.2, 0.25) is 0 Å². The molecule has 196 valence electrons. The maximum atomic E-state index is 13.8. The average Bonchev–Trinajstić information content (AvgIpc) is 3.36. The molecular weight excluding hydrogens is 539 g/mol. The lowest BCUT2D eigenvalue weighted by Crippen LogP contribution is -2.33. The first kappa shape index (κ1) is 25.2. The Morgan fingerprint density at radius 1 is 1.05 bits per heavy atom.